The van der Waals surface area contributed by atoms with Gasteiger partial charge in [0.1, 0.15) is 12.4 Å². The second-order valence-corrected chi connectivity index (χ2v) is 6.73. The predicted molar refractivity (Wildman–Crippen MR) is 107 cm³/mol. The number of fused-ring (bicyclic) bond motifs is 1. The molecule has 0 aliphatic carbocycles. The molecular weight excluding hydrogens is 338 g/mol. The summed E-state index contributed by atoms with van der Waals surface area (Å²) in [5.74, 6) is 0.746. The Bertz CT molecular complexity index is 941. The summed E-state index contributed by atoms with van der Waals surface area (Å²) in [6.07, 6.45) is 6.21. The molecule has 1 atom stereocenters. The maximum Gasteiger partial charge on any atom is 0.240 e. The molecule has 5 nitrogen and oxygen atoms in total. The zero-order chi connectivity index (χ0) is 18.5. The number of aromatic nitrogens is 2. The first kappa shape index (κ1) is 17.5. The topological polar surface area (TPSA) is 56.2 Å². The van der Waals surface area contributed by atoms with Gasteiger partial charge in [-0.15, -0.1) is 0 Å². The monoisotopic (exact) mass is 361 g/mol. The summed E-state index contributed by atoms with van der Waals surface area (Å²) in [4.78, 5) is 17.2. The Morgan fingerprint density at radius 1 is 1.15 bits per heavy atom. The molecule has 1 N–H and O–H groups in total. The van der Waals surface area contributed by atoms with Crippen molar-refractivity contribution in [3.8, 4) is 0 Å². The third kappa shape index (κ3) is 4.26. The van der Waals surface area contributed by atoms with Crippen LogP contribution >= 0.6 is 0 Å². The van der Waals surface area contributed by atoms with Crippen LogP contribution in [0.1, 0.15) is 24.2 Å². The molecule has 27 heavy (non-hydrogen) atoms. The van der Waals surface area contributed by atoms with Gasteiger partial charge in [0.25, 0.3) is 0 Å². The minimum absolute atomic E-state index is 0.0250. The molecule has 2 aromatic carbocycles. The Morgan fingerprint density at radius 2 is 1.96 bits per heavy atom. The lowest BCUT2D eigenvalue weighted by molar-refractivity contribution is -0.122. The van der Waals surface area contributed by atoms with Crippen molar-refractivity contribution in [2.45, 2.75) is 25.5 Å². The van der Waals surface area contributed by atoms with Crippen molar-refractivity contribution in [1.82, 2.24) is 14.9 Å². The van der Waals surface area contributed by atoms with Crippen LogP contribution in [0.15, 0.2) is 54.6 Å². The minimum Gasteiger partial charge on any atom is -0.376 e. The quantitative estimate of drug-likeness (QED) is 0.731. The highest BCUT2D eigenvalue weighted by atomic mass is 16.5. The lowest BCUT2D eigenvalue weighted by Gasteiger charge is -2.12. The summed E-state index contributed by atoms with van der Waals surface area (Å²) in [6, 6.07) is 18.0. The van der Waals surface area contributed by atoms with Crippen LogP contribution in [0.2, 0.25) is 0 Å². The summed E-state index contributed by atoms with van der Waals surface area (Å²) < 4.78 is 7.53. The van der Waals surface area contributed by atoms with E-state index < -0.39 is 0 Å². The normalized spacial score (nSPS) is 17.0. The van der Waals surface area contributed by atoms with Crippen molar-refractivity contribution in [1.29, 1.82) is 0 Å². The van der Waals surface area contributed by atoms with E-state index in [1.807, 2.05) is 71.3 Å². The second kappa shape index (κ2) is 8.18. The van der Waals surface area contributed by atoms with Crippen molar-refractivity contribution in [3.63, 3.8) is 0 Å². The number of nitrogens with zero attached hydrogens (tertiary/aromatic N) is 2. The van der Waals surface area contributed by atoms with Gasteiger partial charge in [-0.2, -0.15) is 0 Å². The fourth-order valence-corrected chi connectivity index (χ4v) is 3.35. The molecule has 0 bridgehead atoms. The SMILES string of the molecule is O=C(Cn1c(/C=C/c2ccccc2)nc2ccccc21)NC[C@@H]1CCCO1. The van der Waals surface area contributed by atoms with Crippen LogP contribution < -0.4 is 5.32 Å². The van der Waals surface area contributed by atoms with E-state index >= 15 is 0 Å². The van der Waals surface area contributed by atoms with Gasteiger partial charge in [-0.25, -0.2) is 4.98 Å². The third-order valence-corrected chi connectivity index (χ3v) is 4.76. The number of ether oxygens (including phenoxy) is 1. The number of rotatable bonds is 6. The lowest BCUT2D eigenvalue weighted by Crippen LogP contribution is -2.34. The molecular formula is C22H23N3O2. The van der Waals surface area contributed by atoms with E-state index in [0.717, 1.165) is 41.9 Å². The Hall–Kier alpha value is -2.92. The predicted octanol–water partition coefficient (Wildman–Crippen LogP) is 3.50. The van der Waals surface area contributed by atoms with Gasteiger partial charge in [0, 0.05) is 13.2 Å². The van der Waals surface area contributed by atoms with E-state index in [1.54, 1.807) is 0 Å². The molecule has 0 radical (unpaired) electrons. The van der Waals surface area contributed by atoms with E-state index in [2.05, 4.69) is 10.3 Å². The molecule has 138 valence electrons. The van der Waals surface area contributed by atoms with Gasteiger partial charge in [-0.05, 0) is 36.6 Å². The number of para-hydroxylation sites is 2. The van der Waals surface area contributed by atoms with Crippen molar-refractivity contribution in [3.05, 3.63) is 66.0 Å². The number of imidazole rings is 1. The summed E-state index contributed by atoms with van der Waals surface area (Å²) in [6.45, 7) is 1.60. The number of nitrogens with one attached hydrogen (secondary N) is 1. The molecule has 4 rings (SSSR count). The Balaban J connectivity index is 1.54. The highest BCUT2D eigenvalue weighted by Gasteiger charge is 2.17. The lowest BCUT2D eigenvalue weighted by atomic mass is 10.2. The van der Waals surface area contributed by atoms with Crippen LogP contribution in [0, 0.1) is 0 Å². The average Bonchev–Trinajstić information content (AvgIpc) is 3.34. The van der Waals surface area contributed by atoms with Gasteiger partial charge in [0.15, 0.2) is 0 Å². The van der Waals surface area contributed by atoms with Gasteiger partial charge >= 0.3 is 0 Å². The highest BCUT2D eigenvalue weighted by Crippen LogP contribution is 2.18. The number of hydrogen-bond donors (Lipinski definition) is 1. The number of benzene rings is 2. The van der Waals surface area contributed by atoms with E-state index in [4.69, 9.17) is 4.74 Å². The van der Waals surface area contributed by atoms with Gasteiger partial charge in [-0.3, -0.25) is 4.79 Å². The Morgan fingerprint density at radius 3 is 2.78 bits per heavy atom. The van der Waals surface area contributed by atoms with E-state index in [0.29, 0.717) is 6.54 Å². The fourth-order valence-electron chi connectivity index (χ4n) is 3.35. The average molecular weight is 361 g/mol. The molecule has 5 heteroatoms. The molecule has 1 amide bonds. The van der Waals surface area contributed by atoms with E-state index in [9.17, 15) is 4.79 Å². The molecule has 1 saturated heterocycles. The van der Waals surface area contributed by atoms with Gasteiger partial charge in [0.2, 0.25) is 5.91 Å². The fraction of sp³-hybridized carbons (Fsp3) is 0.273. The zero-order valence-electron chi connectivity index (χ0n) is 15.2. The van der Waals surface area contributed by atoms with Crippen molar-refractivity contribution < 1.29 is 9.53 Å². The molecule has 1 aromatic heterocycles. The molecule has 3 aromatic rings. The molecule has 0 unspecified atom stereocenters. The van der Waals surface area contributed by atoms with Crippen molar-refractivity contribution >= 4 is 29.1 Å². The van der Waals surface area contributed by atoms with Gasteiger partial charge < -0.3 is 14.6 Å². The van der Waals surface area contributed by atoms with Crippen LogP contribution in [0.3, 0.4) is 0 Å². The van der Waals surface area contributed by atoms with Crippen molar-refractivity contribution in [2.75, 3.05) is 13.2 Å². The van der Waals surface area contributed by atoms with Crippen LogP contribution in [-0.2, 0) is 16.1 Å². The Kier molecular flexibility index (Phi) is 5.30. The largest absolute Gasteiger partial charge is 0.376 e. The van der Waals surface area contributed by atoms with Crippen molar-refractivity contribution in [2.24, 2.45) is 0 Å². The summed E-state index contributed by atoms with van der Waals surface area (Å²) in [5.41, 5.74) is 2.94. The number of hydrogen-bond acceptors (Lipinski definition) is 3. The minimum atomic E-state index is -0.0250. The van der Waals surface area contributed by atoms with Crippen LogP contribution in [0.4, 0.5) is 0 Å². The molecule has 0 saturated carbocycles. The molecule has 1 fully saturated rings. The Labute approximate surface area is 158 Å². The van der Waals surface area contributed by atoms with E-state index in [1.165, 1.54) is 0 Å². The third-order valence-electron chi connectivity index (χ3n) is 4.76. The van der Waals surface area contributed by atoms with Crippen LogP contribution in [0.5, 0.6) is 0 Å². The first-order valence-corrected chi connectivity index (χ1v) is 9.36. The zero-order valence-corrected chi connectivity index (χ0v) is 15.2. The smallest absolute Gasteiger partial charge is 0.240 e. The highest BCUT2D eigenvalue weighted by molar-refractivity contribution is 5.83. The second-order valence-electron chi connectivity index (χ2n) is 6.73. The van der Waals surface area contributed by atoms with Gasteiger partial charge in [-0.1, -0.05) is 48.5 Å². The van der Waals surface area contributed by atoms with Crippen LogP contribution in [0.25, 0.3) is 23.2 Å². The number of carbonyl (C=O) groups is 1. The van der Waals surface area contributed by atoms with Gasteiger partial charge in [0.05, 0.1) is 17.1 Å². The molecule has 2 heterocycles. The number of amides is 1. The molecule has 0 spiro atoms. The maximum absolute atomic E-state index is 12.5. The summed E-state index contributed by atoms with van der Waals surface area (Å²) in [5, 5.41) is 2.99. The maximum atomic E-state index is 12.5. The first-order valence-electron chi connectivity index (χ1n) is 9.36. The molecule has 1 aliphatic heterocycles. The molecule has 1 aliphatic rings. The summed E-state index contributed by atoms with van der Waals surface area (Å²) in [7, 11) is 0. The van der Waals surface area contributed by atoms with E-state index in [-0.39, 0.29) is 18.6 Å². The number of carbonyl (C=O) groups excluding carboxylic acids is 1. The summed E-state index contributed by atoms with van der Waals surface area (Å²) >= 11 is 0. The van der Waals surface area contributed by atoms with Crippen LogP contribution in [-0.4, -0.2) is 34.7 Å². The standard InChI is InChI=1S/C22H23N3O2/c26-22(23-15-18-9-6-14-27-18)16-25-20-11-5-4-10-19(20)24-21(25)13-12-17-7-2-1-3-8-17/h1-5,7-8,10-13,18H,6,9,14-16H2,(H,23,26)/b13-12+/t18-/m0/s1. The first-order chi connectivity index (χ1) is 13.3.